The molecule has 3 N–H and O–H groups in total. The molecular weight excluding hydrogens is 208 g/mol. The van der Waals surface area contributed by atoms with Gasteiger partial charge in [0.25, 0.3) is 0 Å². The van der Waals surface area contributed by atoms with Crippen molar-refractivity contribution >= 4 is 5.69 Å². The average molecular weight is 232 g/mol. The topological polar surface area (TPSA) is 38.0 Å². The largest absolute Gasteiger partial charge is 0.378 e. The van der Waals surface area contributed by atoms with Gasteiger partial charge in [-0.3, -0.25) is 0 Å². The molecule has 0 radical (unpaired) electrons. The van der Waals surface area contributed by atoms with Crippen molar-refractivity contribution in [2.24, 2.45) is 5.73 Å². The molecule has 2 heteroatoms. The van der Waals surface area contributed by atoms with Gasteiger partial charge >= 0.3 is 0 Å². The molecule has 1 aliphatic carbocycles. The summed E-state index contributed by atoms with van der Waals surface area (Å²) in [4.78, 5) is 0. The fourth-order valence-electron chi connectivity index (χ4n) is 2.81. The Kier molecular flexibility index (Phi) is 4.06. The van der Waals surface area contributed by atoms with Crippen molar-refractivity contribution in [2.75, 3.05) is 11.9 Å². The van der Waals surface area contributed by atoms with Crippen LogP contribution in [-0.2, 0) is 0 Å². The summed E-state index contributed by atoms with van der Waals surface area (Å²) in [5.74, 6) is 0. The normalized spacial score (nSPS) is 19.6. The molecule has 0 saturated heterocycles. The summed E-state index contributed by atoms with van der Waals surface area (Å²) in [6, 6.07) is 8.60. The molecule has 0 atom stereocenters. The number of nitrogens with two attached hydrogens (primary N) is 1. The number of aryl methyl sites for hydroxylation is 1. The lowest BCUT2D eigenvalue weighted by atomic mass is 9.90. The fraction of sp³-hybridized carbons (Fsp3) is 0.600. The lowest BCUT2D eigenvalue weighted by molar-refractivity contribution is 0.418. The van der Waals surface area contributed by atoms with Gasteiger partial charge in [-0.15, -0.1) is 0 Å². The molecular formula is C15H24N2. The number of hydrogen-bond donors (Lipinski definition) is 2. The summed E-state index contributed by atoms with van der Waals surface area (Å²) < 4.78 is 0. The van der Waals surface area contributed by atoms with Gasteiger partial charge in [0.1, 0.15) is 0 Å². The van der Waals surface area contributed by atoms with Gasteiger partial charge in [-0.05, 0) is 37.5 Å². The number of nitrogens with one attached hydrogen (secondary N) is 1. The van der Waals surface area contributed by atoms with Crippen LogP contribution in [0.1, 0.15) is 44.1 Å². The minimum absolute atomic E-state index is 0.129. The molecule has 0 unspecified atom stereocenters. The summed E-state index contributed by atoms with van der Waals surface area (Å²) in [7, 11) is 0. The molecule has 0 aromatic heterocycles. The van der Waals surface area contributed by atoms with Gasteiger partial charge in [0.2, 0.25) is 0 Å². The van der Waals surface area contributed by atoms with E-state index in [-0.39, 0.29) is 5.54 Å². The molecule has 0 heterocycles. The molecule has 1 aromatic rings. The van der Waals surface area contributed by atoms with Gasteiger partial charge in [0, 0.05) is 17.8 Å². The van der Waals surface area contributed by atoms with E-state index in [9.17, 15) is 0 Å². The van der Waals surface area contributed by atoms with Crippen LogP contribution in [0.4, 0.5) is 5.69 Å². The maximum Gasteiger partial charge on any atom is 0.0495 e. The monoisotopic (exact) mass is 232 g/mol. The van der Waals surface area contributed by atoms with Crippen LogP contribution >= 0.6 is 0 Å². The van der Waals surface area contributed by atoms with Crippen molar-refractivity contribution < 1.29 is 0 Å². The third-order valence-corrected chi connectivity index (χ3v) is 3.88. The molecule has 2 rings (SSSR count). The van der Waals surface area contributed by atoms with Crippen LogP contribution in [0.5, 0.6) is 0 Å². The van der Waals surface area contributed by atoms with Crippen LogP contribution in [0.25, 0.3) is 0 Å². The highest BCUT2D eigenvalue weighted by atomic mass is 15.0. The van der Waals surface area contributed by atoms with E-state index < -0.39 is 0 Å². The summed E-state index contributed by atoms with van der Waals surface area (Å²) >= 11 is 0. The lowest BCUT2D eigenvalue weighted by Gasteiger charge is -2.34. The third kappa shape index (κ3) is 3.22. The van der Waals surface area contributed by atoms with Crippen LogP contribution in [0.3, 0.4) is 0 Å². The molecule has 17 heavy (non-hydrogen) atoms. The summed E-state index contributed by atoms with van der Waals surface area (Å²) in [5.41, 5.74) is 8.68. The Balaban J connectivity index is 2.12. The second-order valence-electron chi connectivity index (χ2n) is 5.39. The van der Waals surface area contributed by atoms with Gasteiger partial charge in [0.15, 0.2) is 0 Å². The minimum atomic E-state index is 0.129. The molecule has 0 spiro atoms. The zero-order chi connectivity index (χ0) is 12.1. The van der Waals surface area contributed by atoms with E-state index in [1.54, 1.807) is 0 Å². The first-order valence-corrected chi connectivity index (χ1v) is 6.79. The van der Waals surface area contributed by atoms with Gasteiger partial charge < -0.3 is 11.1 Å². The second kappa shape index (κ2) is 5.54. The molecule has 2 nitrogen and oxygen atoms in total. The third-order valence-electron chi connectivity index (χ3n) is 3.88. The lowest BCUT2D eigenvalue weighted by Crippen LogP contribution is -2.45. The molecule has 1 saturated carbocycles. The smallest absolute Gasteiger partial charge is 0.0495 e. The highest BCUT2D eigenvalue weighted by Gasteiger charge is 2.29. The number of hydrogen-bond acceptors (Lipinski definition) is 2. The maximum absolute atomic E-state index is 6.03. The highest BCUT2D eigenvalue weighted by Crippen LogP contribution is 2.30. The van der Waals surface area contributed by atoms with E-state index in [2.05, 4.69) is 36.5 Å². The quantitative estimate of drug-likeness (QED) is 0.783. The average Bonchev–Trinajstić information content (AvgIpc) is 2.55. The maximum atomic E-state index is 6.03. The predicted octanol–water partition coefficient (Wildman–Crippen LogP) is 3.46. The zero-order valence-electron chi connectivity index (χ0n) is 10.8. The number of benzene rings is 1. The molecule has 0 amide bonds. The van der Waals surface area contributed by atoms with Crippen molar-refractivity contribution in [3.05, 3.63) is 29.8 Å². The van der Waals surface area contributed by atoms with Crippen molar-refractivity contribution in [1.82, 2.24) is 0 Å². The summed E-state index contributed by atoms with van der Waals surface area (Å²) in [6.07, 6.45) is 7.73. The molecule has 0 aliphatic heterocycles. The van der Waals surface area contributed by atoms with E-state index in [4.69, 9.17) is 5.73 Å². The first-order chi connectivity index (χ1) is 8.24. The molecule has 1 fully saturated rings. The second-order valence-corrected chi connectivity index (χ2v) is 5.39. The van der Waals surface area contributed by atoms with E-state index in [1.165, 1.54) is 49.8 Å². The summed E-state index contributed by atoms with van der Waals surface area (Å²) in [5, 5.41) is 3.70. The van der Waals surface area contributed by atoms with Crippen LogP contribution in [0.15, 0.2) is 24.3 Å². The Labute approximate surface area is 105 Å². The molecule has 0 bridgehead atoms. The first kappa shape index (κ1) is 12.4. The van der Waals surface area contributed by atoms with Crippen molar-refractivity contribution in [1.29, 1.82) is 0 Å². The molecule has 1 aromatic carbocycles. The van der Waals surface area contributed by atoms with Crippen LogP contribution in [0.2, 0.25) is 0 Å². The van der Waals surface area contributed by atoms with Gasteiger partial charge in [-0.25, -0.2) is 0 Å². The minimum Gasteiger partial charge on any atom is -0.378 e. The van der Waals surface area contributed by atoms with Crippen LogP contribution in [-0.4, -0.2) is 12.1 Å². The summed E-state index contributed by atoms with van der Waals surface area (Å²) in [6.45, 7) is 2.87. The van der Waals surface area contributed by atoms with Gasteiger partial charge in [0.05, 0.1) is 0 Å². The van der Waals surface area contributed by atoms with Crippen molar-refractivity contribution in [2.45, 2.75) is 51.0 Å². The Morgan fingerprint density at radius 2 is 1.88 bits per heavy atom. The molecule has 94 valence electrons. The van der Waals surface area contributed by atoms with Crippen molar-refractivity contribution in [3.63, 3.8) is 0 Å². The number of rotatable bonds is 3. The van der Waals surface area contributed by atoms with E-state index in [0.29, 0.717) is 0 Å². The van der Waals surface area contributed by atoms with Gasteiger partial charge in [-0.1, -0.05) is 37.8 Å². The Morgan fingerprint density at radius 3 is 2.47 bits per heavy atom. The highest BCUT2D eigenvalue weighted by molar-refractivity contribution is 5.47. The number of anilines is 1. The standard InChI is InChI=1S/C15H24N2/c1-13-7-6-8-14(11-13)17-15(12-16)9-4-2-3-5-10-15/h6-8,11,17H,2-5,9-10,12,16H2,1H3. The Morgan fingerprint density at radius 1 is 1.18 bits per heavy atom. The van der Waals surface area contributed by atoms with Gasteiger partial charge in [-0.2, -0.15) is 0 Å². The van der Waals surface area contributed by atoms with Crippen LogP contribution in [0, 0.1) is 6.92 Å². The zero-order valence-corrected chi connectivity index (χ0v) is 10.8. The van der Waals surface area contributed by atoms with Crippen molar-refractivity contribution in [3.8, 4) is 0 Å². The van der Waals surface area contributed by atoms with E-state index >= 15 is 0 Å². The predicted molar refractivity (Wildman–Crippen MR) is 74.3 cm³/mol. The van der Waals surface area contributed by atoms with Crippen LogP contribution < -0.4 is 11.1 Å². The first-order valence-electron chi connectivity index (χ1n) is 6.79. The van der Waals surface area contributed by atoms with E-state index in [1.807, 2.05) is 0 Å². The SMILES string of the molecule is Cc1cccc(NC2(CN)CCCCCC2)c1. The van der Waals surface area contributed by atoms with E-state index in [0.717, 1.165) is 6.54 Å². The Bertz CT molecular complexity index is 352. The Hall–Kier alpha value is -1.02. The fourth-order valence-corrected chi connectivity index (χ4v) is 2.81. The molecule has 1 aliphatic rings.